The van der Waals surface area contributed by atoms with Crippen LogP contribution in [0.25, 0.3) is 10.9 Å². The first-order valence-corrected chi connectivity index (χ1v) is 8.16. The fourth-order valence-corrected chi connectivity index (χ4v) is 2.64. The molecule has 0 saturated carbocycles. The quantitative estimate of drug-likeness (QED) is 0.557. The van der Waals surface area contributed by atoms with Crippen molar-refractivity contribution >= 4 is 39.5 Å². The van der Waals surface area contributed by atoms with Crippen LogP contribution in [0.15, 0.2) is 29.2 Å². The van der Waals surface area contributed by atoms with Crippen molar-refractivity contribution < 1.29 is 9.53 Å². The summed E-state index contributed by atoms with van der Waals surface area (Å²) < 4.78 is 8.15. The van der Waals surface area contributed by atoms with Crippen molar-refractivity contribution in [1.29, 1.82) is 0 Å². The third-order valence-corrected chi connectivity index (χ3v) is 4.05. The number of hydrogen-bond acceptors (Lipinski definition) is 4. The summed E-state index contributed by atoms with van der Waals surface area (Å²) in [5, 5.41) is 0.546. The lowest BCUT2D eigenvalue weighted by Gasteiger charge is -2.13. The number of aryl methyl sites for hydroxylation is 1. The number of carbonyl (C=O) groups excluding carboxylic acids is 1. The molecular weight excluding hydrogens is 395 g/mol. The zero-order valence-corrected chi connectivity index (χ0v) is 15.1. The molecule has 118 valence electrons. The minimum Gasteiger partial charge on any atom is -0.461 e. The number of carbonyl (C=O) groups is 1. The van der Waals surface area contributed by atoms with E-state index in [-0.39, 0.29) is 17.6 Å². The van der Waals surface area contributed by atoms with Crippen LogP contribution in [0.1, 0.15) is 17.3 Å². The van der Waals surface area contributed by atoms with Gasteiger partial charge >= 0.3 is 5.97 Å². The second-order valence-electron chi connectivity index (χ2n) is 5.26. The van der Waals surface area contributed by atoms with Crippen LogP contribution in [0.5, 0.6) is 0 Å². The van der Waals surface area contributed by atoms with Gasteiger partial charge in [-0.05, 0) is 61.8 Å². The fraction of sp³-hybridized carbons (Fsp3) is 0.375. The smallest absolute Gasteiger partial charge is 0.343 e. The minimum atomic E-state index is -0.561. The molecular formula is C16H19IN2O3. The third kappa shape index (κ3) is 3.67. The summed E-state index contributed by atoms with van der Waals surface area (Å²) in [4.78, 5) is 26.6. The summed E-state index contributed by atoms with van der Waals surface area (Å²) in [5.41, 5.74) is 0.657. The number of esters is 1. The Labute approximate surface area is 143 Å². The van der Waals surface area contributed by atoms with E-state index in [1.165, 1.54) is 0 Å². The molecule has 5 nitrogen and oxygen atoms in total. The van der Waals surface area contributed by atoms with Gasteiger partial charge in [0.05, 0.1) is 5.52 Å². The molecule has 2 aromatic rings. The monoisotopic (exact) mass is 414 g/mol. The maximum atomic E-state index is 12.5. The van der Waals surface area contributed by atoms with E-state index in [2.05, 4.69) is 22.6 Å². The summed E-state index contributed by atoms with van der Waals surface area (Å²) in [6.45, 7) is 3.54. The molecule has 0 amide bonds. The highest BCUT2D eigenvalue weighted by molar-refractivity contribution is 14.1. The summed E-state index contributed by atoms with van der Waals surface area (Å²) in [6, 6.07) is 5.58. The summed E-state index contributed by atoms with van der Waals surface area (Å²) in [7, 11) is 3.80. The molecule has 1 aromatic heterocycles. The van der Waals surface area contributed by atoms with Gasteiger partial charge in [0.15, 0.2) is 0 Å². The molecule has 0 unspecified atom stereocenters. The van der Waals surface area contributed by atoms with E-state index in [1.807, 2.05) is 42.6 Å². The van der Waals surface area contributed by atoms with E-state index >= 15 is 0 Å². The number of fused-ring (bicyclic) bond motifs is 1. The van der Waals surface area contributed by atoms with Crippen molar-refractivity contribution in [2.75, 3.05) is 27.2 Å². The van der Waals surface area contributed by atoms with Gasteiger partial charge in [-0.15, -0.1) is 0 Å². The van der Waals surface area contributed by atoms with Gasteiger partial charge in [0.1, 0.15) is 12.2 Å². The van der Waals surface area contributed by atoms with Crippen LogP contribution in [0.4, 0.5) is 0 Å². The number of nitrogens with zero attached hydrogens (tertiary/aromatic N) is 2. The van der Waals surface area contributed by atoms with E-state index in [4.69, 9.17) is 4.74 Å². The van der Waals surface area contributed by atoms with Gasteiger partial charge in [0, 0.05) is 28.2 Å². The Morgan fingerprint density at radius 2 is 2.09 bits per heavy atom. The van der Waals surface area contributed by atoms with Crippen molar-refractivity contribution in [1.82, 2.24) is 9.47 Å². The van der Waals surface area contributed by atoms with E-state index < -0.39 is 5.97 Å². The molecule has 0 bridgehead atoms. The maximum absolute atomic E-state index is 12.5. The Morgan fingerprint density at radius 3 is 2.73 bits per heavy atom. The standard InChI is InChI=1S/C16H19IN2O3/c1-4-19-10-13(16(21)22-8-7-18(2)3)15(20)12-6-5-11(17)9-14(12)19/h5-6,9-10H,4,7-8H2,1-3H3. The first-order chi connectivity index (χ1) is 10.4. The first-order valence-electron chi connectivity index (χ1n) is 7.08. The Balaban J connectivity index is 2.42. The summed E-state index contributed by atoms with van der Waals surface area (Å²) >= 11 is 2.21. The molecule has 0 aliphatic carbocycles. The lowest BCUT2D eigenvalue weighted by molar-refractivity contribution is 0.0479. The van der Waals surface area contributed by atoms with Gasteiger partial charge in [-0.25, -0.2) is 4.79 Å². The average Bonchev–Trinajstić information content (AvgIpc) is 2.47. The van der Waals surface area contributed by atoms with Crippen molar-refractivity contribution in [3.63, 3.8) is 0 Å². The van der Waals surface area contributed by atoms with Crippen molar-refractivity contribution in [3.8, 4) is 0 Å². The Bertz CT molecular complexity index is 753. The van der Waals surface area contributed by atoms with E-state index in [9.17, 15) is 9.59 Å². The van der Waals surface area contributed by atoms with Crippen LogP contribution in [0.2, 0.25) is 0 Å². The number of pyridine rings is 1. The number of rotatable bonds is 5. The number of ether oxygens (including phenoxy) is 1. The van der Waals surface area contributed by atoms with Gasteiger partial charge in [-0.2, -0.15) is 0 Å². The number of aromatic nitrogens is 1. The molecule has 0 atom stereocenters. The number of likely N-dealkylation sites (N-methyl/N-ethyl adjacent to an activating group) is 1. The summed E-state index contributed by atoms with van der Waals surface area (Å²) in [5.74, 6) is -0.561. The number of halogens is 1. The van der Waals surface area contributed by atoms with Crippen LogP contribution >= 0.6 is 22.6 Å². The molecule has 0 radical (unpaired) electrons. The van der Waals surface area contributed by atoms with Crippen molar-refractivity contribution in [2.24, 2.45) is 0 Å². The van der Waals surface area contributed by atoms with E-state index in [0.717, 1.165) is 9.09 Å². The van der Waals surface area contributed by atoms with Crippen LogP contribution in [0.3, 0.4) is 0 Å². The molecule has 1 aromatic carbocycles. The molecule has 0 fully saturated rings. The lowest BCUT2D eigenvalue weighted by atomic mass is 10.1. The lowest BCUT2D eigenvalue weighted by Crippen LogP contribution is -2.24. The molecule has 0 aliphatic heterocycles. The Morgan fingerprint density at radius 1 is 1.36 bits per heavy atom. The fourth-order valence-electron chi connectivity index (χ4n) is 2.17. The second kappa shape index (κ2) is 7.23. The van der Waals surface area contributed by atoms with Gasteiger partial charge in [0.2, 0.25) is 5.43 Å². The maximum Gasteiger partial charge on any atom is 0.343 e. The third-order valence-electron chi connectivity index (χ3n) is 3.38. The molecule has 0 saturated heterocycles. The molecule has 0 aliphatic rings. The zero-order chi connectivity index (χ0) is 16.3. The highest BCUT2D eigenvalue weighted by atomic mass is 127. The van der Waals surface area contributed by atoms with Gasteiger partial charge in [-0.1, -0.05) is 0 Å². The highest BCUT2D eigenvalue weighted by Crippen LogP contribution is 2.16. The predicted molar refractivity (Wildman–Crippen MR) is 95.4 cm³/mol. The number of hydrogen-bond donors (Lipinski definition) is 0. The van der Waals surface area contributed by atoms with Crippen LogP contribution in [0, 0.1) is 3.57 Å². The Kier molecular flexibility index (Phi) is 5.57. The van der Waals surface area contributed by atoms with Gasteiger partial charge < -0.3 is 14.2 Å². The van der Waals surface area contributed by atoms with E-state index in [1.54, 1.807) is 12.3 Å². The van der Waals surface area contributed by atoms with Crippen LogP contribution in [-0.4, -0.2) is 42.7 Å². The SMILES string of the molecule is CCn1cc(C(=O)OCCN(C)C)c(=O)c2ccc(I)cc21. The summed E-state index contributed by atoms with van der Waals surface area (Å²) in [6.07, 6.45) is 1.60. The molecule has 22 heavy (non-hydrogen) atoms. The van der Waals surface area contributed by atoms with Crippen molar-refractivity contribution in [2.45, 2.75) is 13.5 Å². The first kappa shape index (κ1) is 17.0. The zero-order valence-electron chi connectivity index (χ0n) is 12.9. The molecule has 0 N–H and O–H groups in total. The molecule has 1 heterocycles. The highest BCUT2D eigenvalue weighted by Gasteiger charge is 2.16. The van der Waals surface area contributed by atoms with Crippen molar-refractivity contribution in [3.05, 3.63) is 43.8 Å². The van der Waals surface area contributed by atoms with E-state index in [0.29, 0.717) is 18.5 Å². The average molecular weight is 414 g/mol. The normalized spacial score (nSPS) is 11.1. The predicted octanol–water partition coefficient (Wildman–Crippen LogP) is 2.34. The van der Waals surface area contributed by atoms with Crippen LogP contribution in [-0.2, 0) is 11.3 Å². The molecule has 6 heteroatoms. The van der Waals surface area contributed by atoms with Crippen LogP contribution < -0.4 is 5.43 Å². The molecule has 0 spiro atoms. The molecule has 2 rings (SSSR count). The Hall–Kier alpha value is -1.41. The largest absolute Gasteiger partial charge is 0.461 e. The second-order valence-corrected chi connectivity index (χ2v) is 6.50. The minimum absolute atomic E-state index is 0.0920. The topological polar surface area (TPSA) is 51.5 Å². The van der Waals surface area contributed by atoms with Gasteiger partial charge in [-0.3, -0.25) is 4.79 Å². The van der Waals surface area contributed by atoms with Gasteiger partial charge in [0.25, 0.3) is 0 Å². The number of benzene rings is 1.